The molecule has 0 unspecified atom stereocenters. The van der Waals surface area contributed by atoms with E-state index in [1.165, 1.54) is 12.1 Å². The number of benzene rings is 2. The number of aromatic nitrogens is 2. The molecule has 2 heterocycles. The first-order valence-corrected chi connectivity index (χ1v) is 11.2. The second-order valence-electron chi connectivity index (χ2n) is 7.42. The van der Waals surface area contributed by atoms with Crippen LogP contribution in [0.15, 0.2) is 65.8 Å². The van der Waals surface area contributed by atoms with Gasteiger partial charge in [0.25, 0.3) is 0 Å². The Morgan fingerprint density at radius 1 is 0.939 bits per heavy atom. The molecule has 1 fully saturated rings. The molecule has 33 heavy (non-hydrogen) atoms. The van der Waals surface area contributed by atoms with Crippen molar-refractivity contribution in [2.75, 3.05) is 36.8 Å². The van der Waals surface area contributed by atoms with E-state index in [-0.39, 0.29) is 22.5 Å². The van der Waals surface area contributed by atoms with Crippen molar-refractivity contribution in [2.45, 2.75) is 11.3 Å². The number of hydrogen-bond acceptors (Lipinski definition) is 5. The van der Waals surface area contributed by atoms with Gasteiger partial charge in [0, 0.05) is 37.4 Å². The molecule has 172 valence electrons. The fourth-order valence-electron chi connectivity index (χ4n) is 3.47. The summed E-state index contributed by atoms with van der Waals surface area (Å²) < 4.78 is 53.3. The van der Waals surface area contributed by atoms with Crippen LogP contribution in [0.2, 0.25) is 0 Å². The van der Waals surface area contributed by atoms with Crippen LogP contribution in [0, 0.1) is 5.82 Å². The fourth-order valence-corrected chi connectivity index (χ4v) is 4.23. The Morgan fingerprint density at radius 3 is 2.24 bits per heavy atom. The number of rotatable bonds is 5. The summed E-state index contributed by atoms with van der Waals surface area (Å²) in [5, 5.41) is -0.152. The van der Waals surface area contributed by atoms with E-state index in [1.807, 2.05) is 30.3 Å². The number of carbonyl (C=O) groups excluding carboxylic acids is 1. The van der Waals surface area contributed by atoms with E-state index in [4.69, 9.17) is 0 Å². The van der Waals surface area contributed by atoms with E-state index in [2.05, 4.69) is 14.9 Å². The number of amides is 1. The molecule has 0 aliphatic carbocycles. The van der Waals surface area contributed by atoms with Crippen LogP contribution in [-0.2, 0) is 11.0 Å². The normalized spacial score (nSPS) is 14.4. The second kappa shape index (κ2) is 9.78. The second-order valence-corrected chi connectivity index (χ2v) is 8.36. The zero-order valence-corrected chi connectivity index (χ0v) is 18.2. The Balaban J connectivity index is 1.42. The number of para-hydroxylation sites is 1. The molecule has 1 aromatic heterocycles. The van der Waals surface area contributed by atoms with E-state index in [0.29, 0.717) is 31.7 Å². The maximum atomic E-state index is 13.4. The summed E-state index contributed by atoms with van der Waals surface area (Å²) in [6.07, 6.45) is -4.68. The molecule has 0 radical (unpaired) electrons. The van der Waals surface area contributed by atoms with Crippen LogP contribution in [0.3, 0.4) is 0 Å². The van der Waals surface area contributed by atoms with E-state index < -0.39 is 17.7 Å². The van der Waals surface area contributed by atoms with Gasteiger partial charge in [-0.3, -0.25) is 4.79 Å². The molecule has 10 heteroatoms. The van der Waals surface area contributed by atoms with Crippen molar-refractivity contribution < 1.29 is 22.4 Å². The summed E-state index contributed by atoms with van der Waals surface area (Å²) in [7, 11) is 0. The van der Waals surface area contributed by atoms with Crippen molar-refractivity contribution in [3.63, 3.8) is 0 Å². The summed E-state index contributed by atoms with van der Waals surface area (Å²) in [6, 6.07) is 15.7. The van der Waals surface area contributed by atoms with Gasteiger partial charge >= 0.3 is 6.18 Å². The van der Waals surface area contributed by atoms with Crippen molar-refractivity contribution >= 4 is 23.4 Å². The largest absolute Gasteiger partial charge is 0.433 e. The lowest BCUT2D eigenvalue weighted by molar-refractivity contribution is -0.141. The lowest BCUT2D eigenvalue weighted by Crippen LogP contribution is -2.49. The predicted octanol–water partition coefficient (Wildman–Crippen LogP) is 4.74. The highest BCUT2D eigenvalue weighted by atomic mass is 32.2. The third-order valence-electron chi connectivity index (χ3n) is 5.21. The van der Waals surface area contributed by atoms with E-state index in [0.717, 1.165) is 35.6 Å². The zero-order chi connectivity index (χ0) is 23.4. The van der Waals surface area contributed by atoms with Gasteiger partial charge in [-0.15, -0.1) is 0 Å². The summed E-state index contributed by atoms with van der Waals surface area (Å²) >= 11 is 0.861. The van der Waals surface area contributed by atoms with Crippen molar-refractivity contribution in [1.82, 2.24) is 14.9 Å². The molecule has 1 aliphatic rings. The number of anilines is 1. The first kappa shape index (κ1) is 23.0. The van der Waals surface area contributed by atoms with Gasteiger partial charge in [-0.25, -0.2) is 14.4 Å². The maximum Gasteiger partial charge on any atom is 0.433 e. The SMILES string of the molecule is O=C(CSc1nc(-c2ccc(F)cc2)cc(C(F)(F)F)n1)N1CCN(c2ccccc2)CC1. The first-order chi connectivity index (χ1) is 15.8. The highest BCUT2D eigenvalue weighted by Gasteiger charge is 2.34. The van der Waals surface area contributed by atoms with Gasteiger partial charge in [0.15, 0.2) is 5.16 Å². The highest BCUT2D eigenvalue weighted by Crippen LogP contribution is 2.32. The molecule has 0 N–H and O–H groups in total. The van der Waals surface area contributed by atoms with Crippen LogP contribution >= 0.6 is 11.8 Å². The number of piperazine rings is 1. The first-order valence-electron chi connectivity index (χ1n) is 10.2. The number of alkyl halides is 3. The molecule has 1 saturated heterocycles. The van der Waals surface area contributed by atoms with Crippen molar-refractivity contribution in [1.29, 1.82) is 0 Å². The van der Waals surface area contributed by atoms with Crippen LogP contribution in [0.25, 0.3) is 11.3 Å². The minimum absolute atomic E-state index is 0.0174. The van der Waals surface area contributed by atoms with Crippen LogP contribution < -0.4 is 4.90 Å². The molecule has 0 saturated carbocycles. The van der Waals surface area contributed by atoms with E-state index >= 15 is 0 Å². The van der Waals surface area contributed by atoms with Crippen LogP contribution in [0.1, 0.15) is 5.69 Å². The number of carbonyl (C=O) groups is 1. The molecule has 1 aliphatic heterocycles. The number of nitrogens with zero attached hydrogens (tertiary/aromatic N) is 4. The molecule has 0 atom stereocenters. The number of halogens is 4. The lowest BCUT2D eigenvalue weighted by atomic mass is 10.1. The molecule has 4 rings (SSSR count). The highest BCUT2D eigenvalue weighted by molar-refractivity contribution is 7.99. The van der Waals surface area contributed by atoms with E-state index in [1.54, 1.807) is 4.90 Å². The van der Waals surface area contributed by atoms with E-state index in [9.17, 15) is 22.4 Å². The molecule has 1 amide bonds. The van der Waals surface area contributed by atoms with Crippen molar-refractivity contribution in [3.05, 3.63) is 72.2 Å². The summed E-state index contributed by atoms with van der Waals surface area (Å²) in [5.74, 6) is -0.761. The van der Waals surface area contributed by atoms with Crippen molar-refractivity contribution in [2.24, 2.45) is 0 Å². The van der Waals surface area contributed by atoms with Gasteiger partial charge in [-0.2, -0.15) is 13.2 Å². The Morgan fingerprint density at radius 2 is 1.61 bits per heavy atom. The quantitative estimate of drug-likeness (QED) is 0.302. The minimum Gasteiger partial charge on any atom is -0.368 e. The monoisotopic (exact) mass is 476 g/mol. The van der Waals surface area contributed by atoms with Gasteiger partial charge < -0.3 is 9.80 Å². The van der Waals surface area contributed by atoms with Crippen LogP contribution in [-0.4, -0.2) is 52.7 Å². The van der Waals surface area contributed by atoms with Crippen molar-refractivity contribution in [3.8, 4) is 11.3 Å². The Bertz CT molecular complexity index is 1100. The standard InChI is InChI=1S/C23H20F4N4OS/c24-17-8-6-16(7-9-17)19-14-20(23(25,26)27)29-22(28-19)33-15-21(32)31-12-10-30(11-13-31)18-4-2-1-3-5-18/h1-9,14H,10-13,15H2. The van der Waals surface area contributed by atoms with Gasteiger partial charge in [-0.05, 0) is 42.5 Å². The zero-order valence-electron chi connectivity index (χ0n) is 17.4. The van der Waals surface area contributed by atoms with Gasteiger partial charge in [0.1, 0.15) is 11.5 Å². The Kier molecular flexibility index (Phi) is 6.83. The average Bonchev–Trinajstić information content (AvgIpc) is 2.83. The summed E-state index contributed by atoms with van der Waals surface area (Å²) in [5.41, 5.74) is 0.325. The smallest absolute Gasteiger partial charge is 0.368 e. The maximum absolute atomic E-state index is 13.4. The predicted molar refractivity (Wildman–Crippen MR) is 118 cm³/mol. The molecule has 2 aromatic carbocycles. The molecule has 0 spiro atoms. The number of thioether (sulfide) groups is 1. The minimum atomic E-state index is -4.68. The third kappa shape index (κ3) is 5.81. The topological polar surface area (TPSA) is 49.3 Å². The molecular weight excluding hydrogens is 456 g/mol. The summed E-state index contributed by atoms with van der Waals surface area (Å²) in [6.45, 7) is 2.40. The third-order valence-corrected chi connectivity index (χ3v) is 6.05. The van der Waals surface area contributed by atoms with Crippen LogP contribution in [0.5, 0.6) is 0 Å². The molecule has 3 aromatic rings. The van der Waals surface area contributed by atoms with Gasteiger partial charge in [0.2, 0.25) is 5.91 Å². The average molecular weight is 476 g/mol. The summed E-state index contributed by atoms with van der Waals surface area (Å²) in [4.78, 5) is 24.3. The molecule has 5 nitrogen and oxygen atoms in total. The van der Waals surface area contributed by atoms with Gasteiger partial charge in [-0.1, -0.05) is 30.0 Å². The van der Waals surface area contributed by atoms with Gasteiger partial charge in [0.05, 0.1) is 11.4 Å². The van der Waals surface area contributed by atoms with Crippen LogP contribution in [0.4, 0.5) is 23.2 Å². The molecular formula is C23H20F4N4OS. The Hall–Kier alpha value is -3.14. The Labute approximate surface area is 192 Å². The lowest BCUT2D eigenvalue weighted by Gasteiger charge is -2.36. The number of hydrogen-bond donors (Lipinski definition) is 0. The molecule has 0 bridgehead atoms. The fraction of sp³-hybridized carbons (Fsp3) is 0.261.